The molecular weight excluding hydrogens is 345 g/mol. The monoisotopic (exact) mass is 364 g/mol. The van der Waals surface area contributed by atoms with Gasteiger partial charge in [-0.3, -0.25) is 9.59 Å². The van der Waals surface area contributed by atoms with Crippen molar-refractivity contribution >= 4 is 23.2 Å². The first-order valence-corrected chi connectivity index (χ1v) is 7.87. The van der Waals surface area contributed by atoms with Gasteiger partial charge in [-0.2, -0.15) is 13.2 Å². The van der Waals surface area contributed by atoms with Crippen molar-refractivity contribution in [2.75, 3.05) is 10.6 Å². The zero-order valence-electron chi connectivity index (χ0n) is 14.6. The fraction of sp³-hybridized carbons (Fsp3) is 0.263. The average molecular weight is 364 g/mol. The van der Waals surface area contributed by atoms with E-state index in [0.29, 0.717) is 5.69 Å². The quantitative estimate of drug-likeness (QED) is 0.778. The number of nitrogens with one attached hydrogen (secondary N) is 2. The second kappa shape index (κ2) is 7.19. The van der Waals surface area contributed by atoms with Gasteiger partial charge < -0.3 is 10.6 Å². The largest absolute Gasteiger partial charge is 0.416 e. The highest BCUT2D eigenvalue weighted by Crippen LogP contribution is 2.31. The molecule has 0 aliphatic carbocycles. The number of anilines is 2. The van der Waals surface area contributed by atoms with Crippen LogP contribution in [0.4, 0.5) is 24.5 Å². The van der Waals surface area contributed by atoms with E-state index in [-0.39, 0.29) is 5.69 Å². The van der Waals surface area contributed by atoms with E-state index < -0.39 is 29.0 Å². The van der Waals surface area contributed by atoms with Crippen LogP contribution in [-0.4, -0.2) is 11.8 Å². The normalized spacial score (nSPS) is 11.8. The molecule has 138 valence electrons. The minimum Gasteiger partial charge on any atom is -0.325 e. The summed E-state index contributed by atoms with van der Waals surface area (Å²) in [4.78, 5) is 24.9. The van der Waals surface area contributed by atoms with Crippen LogP contribution in [0.15, 0.2) is 48.5 Å². The maximum atomic E-state index is 12.8. The van der Waals surface area contributed by atoms with Crippen LogP contribution < -0.4 is 10.6 Å². The highest BCUT2D eigenvalue weighted by molar-refractivity contribution is 6.14. The summed E-state index contributed by atoms with van der Waals surface area (Å²) in [5.74, 6) is -1.27. The van der Waals surface area contributed by atoms with Crippen LogP contribution in [0.2, 0.25) is 0 Å². The summed E-state index contributed by atoms with van der Waals surface area (Å²) < 4.78 is 38.3. The molecule has 0 saturated heterocycles. The number of rotatable bonds is 4. The molecule has 0 aliphatic heterocycles. The second-order valence-electron chi connectivity index (χ2n) is 6.48. The third-order valence-corrected chi connectivity index (χ3v) is 3.89. The third-order valence-electron chi connectivity index (χ3n) is 3.89. The Labute approximate surface area is 149 Å². The van der Waals surface area contributed by atoms with Crippen LogP contribution >= 0.6 is 0 Å². The minimum absolute atomic E-state index is 0.0268. The molecule has 0 aromatic heterocycles. The number of carbonyl (C=O) groups is 2. The summed E-state index contributed by atoms with van der Waals surface area (Å²) in [6.07, 6.45) is -4.51. The molecule has 2 amide bonds. The van der Waals surface area contributed by atoms with Gasteiger partial charge in [0.1, 0.15) is 5.41 Å². The lowest BCUT2D eigenvalue weighted by Gasteiger charge is -2.23. The van der Waals surface area contributed by atoms with Crippen LogP contribution in [0.25, 0.3) is 0 Å². The topological polar surface area (TPSA) is 58.2 Å². The van der Waals surface area contributed by atoms with Crippen LogP contribution in [0, 0.1) is 12.3 Å². The summed E-state index contributed by atoms with van der Waals surface area (Å²) in [5, 5.41) is 5.00. The number of hydrogen-bond acceptors (Lipinski definition) is 2. The summed E-state index contributed by atoms with van der Waals surface area (Å²) in [6.45, 7) is 4.71. The average Bonchev–Trinajstić information content (AvgIpc) is 2.56. The molecule has 4 nitrogen and oxygen atoms in total. The number of alkyl halides is 3. The molecule has 0 saturated carbocycles. The molecule has 2 aromatic carbocycles. The number of halogens is 3. The van der Waals surface area contributed by atoms with Gasteiger partial charge in [0.25, 0.3) is 0 Å². The molecule has 0 atom stereocenters. The minimum atomic E-state index is -4.51. The van der Waals surface area contributed by atoms with Crippen molar-refractivity contribution < 1.29 is 22.8 Å². The predicted octanol–water partition coefficient (Wildman–Crippen LogP) is 4.62. The Bertz CT molecular complexity index is 812. The Morgan fingerprint density at radius 2 is 1.38 bits per heavy atom. The van der Waals surface area contributed by atoms with Crippen molar-refractivity contribution in [1.29, 1.82) is 0 Å². The zero-order valence-corrected chi connectivity index (χ0v) is 14.6. The van der Waals surface area contributed by atoms with Crippen LogP contribution in [0.3, 0.4) is 0 Å². The van der Waals surface area contributed by atoms with Crippen molar-refractivity contribution in [3.8, 4) is 0 Å². The molecular formula is C19H19F3N2O2. The number of amides is 2. The van der Waals surface area contributed by atoms with E-state index in [0.717, 1.165) is 17.7 Å². The lowest BCUT2D eigenvalue weighted by Crippen LogP contribution is -2.41. The SMILES string of the molecule is Cc1ccc(NC(=O)C(C)(C)C(=O)Nc2cccc(C(F)(F)F)c2)cc1. The smallest absolute Gasteiger partial charge is 0.325 e. The first kappa shape index (κ1) is 19.5. The fourth-order valence-electron chi connectivity index (χ4n) is 2.09. The molecule has 2 rings (SSSR count). The lowest BCUT2D eigenvalue weighted by atomic mass is 9.90. The van der Waals surface area contributed by atoms with Gasteiger partial charge in [-0.05, 0) is 51.1 Å². The van der Waals surface area contributed by atoms with Gasteiger partial charge in [-0.15, -0.1) is 0 Å². The number of hydrogen-bond donors (Lipinski definition) is 2. The zero-order chi connectivity index (χ0) is 19.5. The summed E-state index contributed by atoms with van der Waals surface area (Å²) in [6, 6.07) is 11.3. The maximum Gasteiger partial charge on any atom is 0.416 e. The second-order valence-corrected chi connectivity index (χ2v) is 6.48. The molecule has 7 heteroatoms. The molecule has 2 N–H and O–H groups in total. The Hall–Kier alpha value is -2.83. The van der Waals surface area contributed by atoms with Crippen molar-refractivity contribution in [2.45, 2.75) is 26.9 Å². The maximum absolute atomic E-state index is 12.8. The van der Waals surface area contributed by atoms with Crippen molar-refractivity contribution in [1.82, 2.24) is 0 Å². The Kier molecular flexibility index (Phi) is 5.39. The van der Waals surface area contributed by atoms with Gasteiger partial charge in [-0.25, -0.2) is 0 Å². The van der Waals surface area contributed by atoms with E-state index in [2.05, 4.69) is 10.6 Å². The van der Waals surface area contributed by atoms with E-state index in [1.54, 1.807) is 12.1 Å². The van der Waals surface area contributed by atoms with E-state index in [4.69, 9.17) is 0 Å². The molecule has 0 radical (unpaired) electrons. The number of benzene rings is 2. The predicted molar refractivity (Wildman–Crippen MR) is 93.7 cm³/mol. The Morgan fingerprint density at radius 1 is 0.846 bits per heavy atom. The molecule has 2 aromatic rings. The fourth-order valence-corrected chi connectivity index (χ4v) is 2.09. The summed E-state index contributed by atoms with van der Waals surface area (Å²) in [7, 11) is 0. The first-order valence-electron chi connectivity index (χ1n) is 7.87. The van der Waals surface area contributed by atoms with Crippen LogP contribution in [0.1, 0.15) is 25.0 Å². The first-order chi connectivity index (χ1) is 12.0. The summed E-state index contributed by atoms with van der Waals surface area (Å²) >= 11 is 0. The lowest BCUT2D eigenvalue weighted by molar-refractivity contribution is -0.138. The highest BCUT2D eigenvalue weighted by atomic mass is 19.4. The van der Waals surface area contributed by atoms with Gasteiger partial charge in [-0.1, -0.05) is 23.8 Å². The van der Waals surface area contributed by atoms with E-state index >= 15 is 0 Å². The molecule has 0 spiro atoms. The molecule has 0 unspecified atom stereocenters. The van der Waals surface area contributed by atoms with Gasteiger partial charge in [0.05, 0.1) is 5.56 Å². The third kappa shape index (κ3) is 4.62. The van der Waals surface area contributed by atoms with E-state index in [1.807, 2.05) is 19.1 Å². The van der Waals surface area contributed by atoms with Crippen molar-refractivity contribution in [3.05, 3.63) is 59.7 Å². The standard InChI is InChI=1S/C19H19F3N2O2/c1-12-7-9-14(10-8-12)23-16(25)18(2,3)17(26)24-15-6-4-5-13(11-15)19(20,21)22/h4-11H,1-3H3,(H,23,25)(H,24,26). The van der Waals surface area contributed by atoms with Crippen LogP contribution in [0.5, 0.6) is 0 Å². The van der Waals surface area contributed by atoms with Gasteiger partial charge >= 0.3 is 6.18 Å². The number of carbonyl (C=O) groups excluding carboxylic acids is 2. The van der Waals surface area contributed by atoms with Crippen molar-refractivity contribution in [3.63, 3.8) is 0 Å². The highest BCUT2D eigenvalue weighted by Gasteiger charge is 2.37. The van der Waals surface area contributed by atoms with Gasteiger partial charge in [0.2, 0.25) is 11.8 Å². The van der Waals surface area contributed by atoms with Crippen molar-refractivity contribution in [2.24, 2.45) is 5.41 Å². The number of aryl methyl sites for hydroxylation is 1. The molecule has 0 aliphatic rings. The Balaban J connectivity index is 2.12. The molecule has 0 heterocycles. The molecule has 0 bridgehead atoms. The van der Waals surface area contributed by atoms with E-state index in [9.17, 15) is 22.8 Å². The Morgan fingerprint density at radius 3 is 1.92 bits per heavy atom. The molecule has 0 fully saturated rings. The summed E-state index contributed by atoms with van der Waals surface area (Å²) in [5.41, 5.74) is -0.845. The van der Waals surface area contributed by atoms with E-state index in [1.165, 1.54) is 26.0 Å². The van der Waals surface area contributed by atoms with Gasteiger partial charge in [0.15, 0.2) is 0 Å². The van der Waals surface area contributed by atoms with Crippen LogP contribution in [-0.2, 0) is 15.8 Å². The van der Waals surface area contributed by atoms with Gasteiger partial charge in [0, 0.05) is 11.4 Å². The molecule has 26 heavy (non-hydrogen) atoms.